The molecule has 1 fully saturated rings. The van der Waals surface area contributed by atoms with E-state index < -0.39 is 0 Å². The van der Waals surface area contributed by atoms with Crippen molar-refractivity contribution in [3.63, 3.8) is 0 Å². The second-order valence-electron chi connectivity index (χ2n) is 2.18. The zero-order valence-electron chi connectivity index (χ0n) is 5.59. The van der Waals surface area contributed by atoms with Gasteiger partial charge in [-0.2, -0.15) is 0 Å². The Kier molecular flexibility index (Phi) is 1.71. The van der Waals surface area contributed by atoms with Crippen LogP contribution < -0.4 is 0 Å². The quantitative estimate of drug-likeness (QED) is 0.395. The molecule has 0 aromatic heterocycles. The maximum Gasteiger partial charge on any atom is 0.311 e. The minimum Gasteiger partial charge on any atom is -0.469 e. The van der Waals surface area contributed by atoms with Gasteiger partial charge in [0.2, 0.25) is 0 Å². The highest BCUT2D eigenvalue weighted by Crippen LogP contribution is 2.20. The van der Waals surface area contributed by atoms with Crippen molar-refractivity contribution in [2.75, 3.05) is 13.7 Å². The molecule has 0 saturated carbocycles. The van der Waals surface area contributed by atoms with E-state index in [1.54, 1.807) is 0 Å². The van der Waals surface area contributed by atoms with Crippen molar-refractivity contribution < 1.29 is 14.3 Å². The Morgan fingerprint density at radius 1 is 1.89 bits per heavy atom. The van der Waals surface area contributed by atoms with Gasteiger partial charge in [0.15, 0.2) is 0 Å². The largest absolute Gasteiger partial charge is 0.469 e. The molecule has 0 bridgehead atoms. The monoisotopic (exact) mass is 130 g/mol. The summed E-state index contributed by atoms with van der Waals surface area (Å²) >= 11 is 0. The molecule has 0 aliphatic carbocycles. The van der Waals surface area contributed by atoms with Gasteiger partial charge in [-0.3, -0.25) is 4.79 Å². The number of ether oxygens (including phenoxy) is 2. The molecule has 2 atom stereocenters. The van der Waals surface area contributed by atoms with Crippen molar-refractivity contribution in [1.29, 1.82) is 0 Å². The maximum absolute atomic E-state index is 10.7. The third kappa shape index (κ3) is 1.42. The summed E-state index contributed by atoms with van der Waals surface area (Å²) in [5.41, 5.74) is 0. The first kappa shape index (κ1) is 6.55. The Morgan fingerprint density at radius 3 is 2.78 bits per heavy atom. The van der Waals surface area contributed by atoms with E-state index in [4.69, 9.17) is 4.74 Å². The van der Waals surface area contributed by atoms with Crippen LogP contribution in [0.3, 0.4) is 0 Å². The van der Waals surface area contributed by atoms with Crippen LogP contribution in [-0.2, 0) is 14.3 Å². The Hall–Kier alpha value is -0.570. The summed E-state index contributed by atoms with van der Waals surface area (Å²) in [6, 6.07) is 0. The van der Waals surface area contributed by atoms with E-state index in [1.807, 2.05) is 6.92 Å². The highest BCUT2D eigenvalue weighted by Gasteiger charge is 2.34. The van der Waals surface area contributed by atoms with Gasteiger partial charge in [0, 0.05) is 0 Å². The number of methoxy groups -OCH3 is 1. The minimum atomic E-state index is -0.183. The van der Waals surface area contributed by atoms with Crippen LogP contribution in [0.2, 0.25) is 0 Å². The number of epoxide rings is 1. The standard InChI is InChI=1S/C6H10O3/c1-4(5-3-9-5)6(7)8-2/h4-5H,3H2,1-2H3/t4-,5?/m0/s1. The summed E-state index contributed by atoms with van der Waals surface area (Å²) in [5, 5.41) is 0. The van der Waals surface area contributed by atoms with E-state index in [0.29, 0.717) is 6.61 Å². The SMILES string of the molecule is COC(=O)[C@@H](C)C1CO1. The van der Waals surface area contributed by atoms with Crippen molar-refractivity contribution in [1.82, 2.24) is 0 Å². The van der Waals surface area contributed by atoms with Gasteiger partial charge in [-0.05, 0) is 6.92 Å². The Balaban J connectivity index is 2.30. The maximum atomic E-state index is 10.7. The van der Waals surface area contributed by atoms with Crippen molar-refractivity contribution in [2.24, 2.45) is 5.92 Å². The molecule has 1 unspecified atom stereocenters. The molecule has 52 valence electrons. The lowest BCUT2D eigenvalue weighted by molar-refractivity contribution is -0.145. The van der Waals surface area contributed by atoms with Crippen LogP contribution in [0.5, 0.6) is 0 Å². The molecule has 0 spiro atoms. The zero-order chi connectivity index (χ0) is 6.85. The van der Waals surface area contributed by atoms with E-state index >= 15 is 0 Å². The van der Waals surface area contributed by atoms with Crippen LogP contribution in [0.1, 0.15) is 6.92 Å². The first-order valence-electron chi connectivity index (χ1n) is 2.95. The van der Waals surface area contributed by atoms with Crippen LogP contribution in [0.15, 0.2) is 0 Å². The molecule has 9 heavy (non-hydrogen) atoms. The van der Waals surface area contributed by atoms with Crippen molar-refractivity contribution >= 4 is 5.97 Å². The molecule has 0 N–H and O–H groups in total. The van der Waals surface area contributed by atoms with Crippen LogP contribution in [0.4, 0.5) is 0 Å². The van der Waals surface area contributed by atoms with Gasteiger partial charge in [0.05, 0.1) is 25.7 Å². The van der Waals surface area contributed by atoms with Crippen LogP contribution >= 0.6 is 0 Å². The highest BCUT2D eigenvalue weighted by atomic mass is 16.6. The zero-order valence-corrected chi connectivity index (χ0v) is 5.59. The number of hydrogen-bond acceptors (Lipinski definition) is 3. The van der Waals surface area contributed by atoms with Gasteiger partial charge in [-0.1, -0.05) is 0 Å². The van der Waals surface area contributed by atoms with E-state index in [-0.39, 0.29) is 18.0 Å². The second-order valence-corrected chi connectivity index (χ2v) is 2.18. The lowest BCUT2D eigenvalue weighted by Gasteiger charge is -2.02. The van der Waals surface area contributed by atoms with E-state index in [0.717, 1.165) is 0 Å². The van der Waals surface area contributed by atoms with Gasteiger partial charge in [0.25, 0.3) is 0 Å². The van der Waals surface area contributed by atoms with Gasteiger partial charge < -0.3 is 9.47 Å². The van der Waals surface area contributed by atoms with Crippen LogP contribution in [0, 0.1) is 5.92 Å². The summed E-state index contributed by atoms with van der Waals surface area (Å²) in [4.78, 5) is 10.7. The summed E-state index contributed by atoms with van der Waals surface area (Å²) in [6.07, 6.45) is 0.123. The minimum absolute atomic E-state index is 0.0880. The summed E-state index contributed by atoms with van der Waals surface area (Å²) < 4.78 is 9.39. The van der Waals surface area contributed by atoms with E-state index in [2.05, 4.69) is 4.74 Å². The molecule has 0 aromatic rings. The molecule has 1 aliphatic heterocycles. The topological polar surface area (TPSA) is 38.8 Å². The van der Waals surface area contributed by atoms with Crippen molar-refractivity contribution in [3.05, 3.63) is 0 Å². The molecule has 3 nitrogen and oxygen atoms in total. The van der Waals surface area contributed by atoms with Gasteiger partial charge in [0.1, 0.15) is 0 Å². The van der Waals surface area contributed by atoms with Crippen LogP contribution in [0.25, 0.3) is 0 Å². The fourth-order valence-corrected chi connectivity index (χ4v) is 0.682. The van der Waals surface area contributed by atoms with Crippen LogP contribution in [-0.4, -0.2) is 25.8 Å². The molecule has 1 rings (SSSR count). The number of carbonyl (C=O) groups excluding carboxylic acids is 1. The number of carbonyl (C=O) groups is 1. The third-order valence-electron chi connectivity index (χ3n) is 1.49. The van der Waals surface area contributed by atoms with Gasteiger partial charge in [-0.15, -0.1) is 0 Å². The smallest absolute Gasteiger partial charge is 0.311 e. The van der Waals surface area contributed by atoms with Crippen molar-refractivity contribution in [2.45, 2.75) is 13.0 Å². The highest BCUT2D eigenvalue weighted by molar-refractivity contribution is 5.72. The number of hydrogen-bond donors (Lipinski definition) is 0. The van der Waals surface area contributed by atoms with Gasteiger partial charge >= 0.3 is 5.97 Å². The Bertz CT molecular complexity index is 117. The number of rotatable bonds is 2. The molecule has 1 aliphatic rings. The molecule has 1 saturated heterocycles. The Labute approximate surface area is 53.9 Å². The fraction of sp³-hybridized carbons (Fsp3) is 0.833. The summed E-state index contributed by atoms with van der Waals surface area (Å²) in [5.74, 6) is -0.271. The summed E-state index contributed by atoms with van der Waals surface area (Å²) in [6.45, 7) is 2.51. The molecular weight excluding hydrogens is 120 g/mol. The van der Waals surface area contributed by atoms with Gasteiger partial charge in [-0.25, -0.2) is 0 Å². The third-order valence-corrected chi connectivity index (χ3v) is 1.49. The Morgan fingerprint density at radius 2 is 2.44 bits per heavy atom. The van der Waals surface area contributed by atoms with Crippen molar-refractivity contribution in [3.8, 4) is 0 Å². The average molecular weight is 130 g/mol. The first-order valence-corrected chi connectivity index (χ1v) is 2.95. The fourth-order valence-electron chi connectivity index (χ4n) is 0.682. The predicted octanol–water partition coefficient (Wildman–Crippen LogP) is 0.194. The lowest BCUT2D eigenvalue weighted by Crippen LogP contribution is -2.17. The molecule has 0 amide bonds. The van der Waals surface area contributed by atoms with E-state index in [9.17, 15) is 4.79 Å². The molecule has 0 radical (unpaired) electrons. The second kappa shape index (κ2) is 2.35. The lowest BCUT2D eigenvalue weighted by atomic mass is 10.1. The molecule has 3 heteroatoms. The summed E-state index contributed by atoms with van der Waals surface area (Å²) in [7, 11) is 1.39. The molecular formula is C6H10O3. The number of esters is 1. The predicted molar refractivity (Wildman–Crippen MR) is 30.9 cm³/mol. The average Bonchev–Trinajstić information content (AvgIpc) is 2.66. The van der Waals surface area contributed by atoms with E-state index in [1.165, 1.54) is 7.11 Å². The normalized spacial score (nSPS) is 27.1. The first-order chi connectivity index (χ1) is 4.25. The molecule has 0 aromatic carbocycles. The molecule has 1 heterocycles.